The van der Waals surface area contributed by atoms with Gasteiger partial charge in [-0.2, -0.15) is 0 Å². The van der Waals surface area contributed by atoms with Gasteiger partial charge in [0, 0.05) is 6.20 Å². The van der Waals surface area contributed by atoms with Crippen molar-refractivity contribution in [2.24, 2.45) is 0 Å². The Kier molecular flexibility index (Phi) is 4.41. The molecule has 0 bridgehead atoms. The van der Waals surface area contributed by atoms with Crippen LogP contribution in [0.1, 0.15) is 17.4 Å². The van der Waals surface area contributed by atoms with Gasteiger partial charge in [-0.05, 0) is 6.92 Å². The van der Waals surface area contributed by atoms with E-state index in [-0.39, 0.29) is 12.3 Å². The maximum absolute atomic E-state index is 12.0. The lowest BCUT2D eigenvalue weighted by Crippen LogP contribution is -2.24. The fourth-order valence-electron chi connectivity index (χ4n) is 1.24. The first-order valence-electron chi connectivity index (χ1n) is 5.02. The van der Waals surface area contributed by atoms with Crippen molar-refractivity contribution in [2.45, 2.75) is 13.3 Å². The van der Waals surface area contributed by atoms with Gasteiger partial charge in [0.25, 0.3) is 5.43 Å². The zero-order chi connectivity index (χ0) is 14.6. The molecule has 0 atom stereocenters. The SMILES string of the molecule is CCOC(=O)c1[nH]cc(OC(F)(F)F)c(=O)c1OC. The number of pyridine rings is 1. The Hall–Kier alpha value is -2.19. The molecular weight excluding hydrogens is 271 g/mol. The molecule has 0 saturated carbocycles. The molecule has 9 heteroatoms. The van der Waals surface area contributed by atoms with Crippen LogP contribution in [0, 0.1) is 0 Å². The van der Waals surface area contributed by atoms with Crippen LogP contribution in [-0.4, -0.2) is 31.0 Å². The van der Waals surface area contributed by atoms with Crippen LogP contribution in [-0.2, 0) is 4.74 Å². The Bertz CT molecular complexity index is 523. The standard InChI is InChI=1S/C10H10F3NO5/c1-3-18-9(16)6-8(17-2)7(15)5(4-14-6)19-10(11,12)13/h4H,3H2,1-2H3,(H,14,15). The minimum atomic E-state index is -5.02. The number of carbonyl (C=O) groups is 1. The Morgan fingerprint density at radius 1 is 1.42 bits per heavy atom. The van der Waals surface area contributed by atoms with E-state index >= 15 is 0 Å². The highest BCUT2D eigenvalue weighted by molar-refractivity contribution is 5.90. The smallest absolute Gasteiger partial charge is 0.490 e. The summed E-state index contributed by atoms with van der Waals surface area (Å²) in [6.07, 6.45) is -4.41. The van der Waals surface area contributed by atoms with E-state index in [4.69, 9.17) is 0 Å². The molecule has 0 saturated heterocycles. The molecule has 1 rings (SSSR count). The molecule has 1 aromatic heterocycles. The van der Waals surface area contributed by atoms with Gasteiger partial charge in [-0.15, -0.1) is 13.2 Å². The number of hydrogen-bond acceptors (Lipinski definition) is 5. The van der Waals surface area contributed by atoms with Gasteiger partial charge in [0.05, 0.1) is 13.7 Å². The molecule has 0 aliphatic heterocycles. The van der Waals surface area contributed by atoms with E-state index in [9.17, 15) is 22.8 Å². The van der Waals surface area contributed by atoms with Crippen molar-refractivity contribution < 1.29 is 32.2 Å². The fourth-order valence-corrected chi connectivity index (χ4v) is 1.24. The molecule has 6 nitrogen and oxygen atoms in total. The molecule has 0 radical (unpaired) electrons. The molecule has 0 fully saturated rings. The fraction of sp³-hybridized carbons (Fsp3) is 0.400. The van der Waals surface area contributed by atoms with E-state index < -0.39 is 29.3 Å². The second-order valence-corrected chi connectivity index (χ2v) is 3.16. The summed E-state index contributed by atoms with van der Waals surface area (Å²) in [7, 11) is 1.03. The van der Waals surface area contributed by atoms with Crippen molar-refractivity contribution in [3.05, 3.63) is 22.1 Å². The molecule has 0 aromatic carbocycles. The van der Waals surface area contributed by atoms with Crippen LogP contribution in [0.15, 0.2) is 11.0 Å². The third kappa shape index (κ3) is 3.63. The highest BCUT2D eigenvalue weighted by Crippen LogP contribution is 2.22. The summed E-state index contributed by atoms with van der Waals surface area (Å²) in [6, 6.07) is 0. The lowest BCUT2D eigenvalue weighted by Gasteiger charge is -2.11. The first-order chi connectivity index (χ1) is 8.80. The number of esters is 1. The molecule has 0 unspecified atom stereocenters. The maximum Gasteiger partial charge on any atom is 0.573 e. The van der Waals surface area contributed by atoms with Crippen molar-refractivity contribution in [1.82, 2.24) is 4.98 Å². The average molecular weight is 281 g/mol. The number of hydrogen-bond donors (Lipinski definition) is 1. The number of aromatic nitrogens is 1. The first kappa shape index (κ1) is 14.9. The topological polar surface area (TPSA) is 77.6 Å². The predicted molar refractivity (Wildman–Crippen MR) is 56.3 cm³/mol. The molecule has 1 N–H and O–H groups in total. The first-order valence-corrected chi connectivity index (χ1v) is 5.02. The lowest BCUT2D eigenvalue weighted by molar-refractivity contribution is -0.275. The second kappa shape index (κ2) is 5.63. The van der Waals surface area contributed by atoms with Crippen LogP contribution in [0.25, 0.3) is 0 Å². The van der Waals surface area contributed by atoms with Crippen LogP contribution in [0.4, 0.5) is 13.2 Å². The summed E-state index contributed by atoms with van der Waals surface area (Å²) in [5.41, 5.74) is -1.59. The predicted octanol–water partition coefficient (Wildman–Crippen LogP) is 1.46. The van der Waals surface area contributed by atoms with E-state index in [2.05, 4.69) is 19.2 Å². The average Bonchev–Trinajstić information content (AvgIpc) is 2.30. The van der Waals surface area contributed by atoms with Crippen LogP contribution in [0.3, 0.4) is 0 Å². The molecule has 1 heterocycles. The van der Waals surface area contributed by atoms with Crippen LogP contribution >= 0.6 is 0 Å². The van der Waals surface area contributed by atoms with Crippen LogP contribution in [0.2, 0.25) is 0 Å². The van der Waals surface area contributed by atoms with Crippen molar-refractivity contribution in [3.63, 3.8) is 0 Å². The van der Waals surface area contributed by atoms with E-state index in [1.807, 2.05) is 0 Å². The molecule has 0 spiro atoms. The van der Waals surface area contributed by atoms with Crippen molar-refractivity contribution in [1.29, 1.82) is 0 Å². The summed E-state index contributed by atoms with van der Waals surface area (Å²) in [5.74, 6) is -2.56. The number of rotatable bonds is 4. The van der Waals surface area contributed by atoms with Gasteiger partial charge < -0.3 is 19.2 Å². The van der Waals surface area contributed by atoms with Gasteiger partial charge in [-0.1, -0.05) is 0 Å². The number of aromatic amines is 1. The largest absolute Gasteiger partial charge is 0.573 e. The quantitative estimate of drug-likeness (QED) is 0.845. The molecule has 0 amide bonds. The highest BCUT2D eigenvalue weighted by Gasteiger charge is 2.33. The van der Waals surface area contributed by atoms with Gasteiger partial charge >= 0.3 is 12.3 Å². The van der Waals surface area contributed by atoms with Crippen molar-refractivity contribution in [3.8, 4) is 11.5 Å². The molecule has 106 valence electrons. The minimum Gasteiger partial charge on any atom is -0.490 e. The third-order valence-electron chi connectivity index (χ3n) is 1.91. The van der Waals surface area contributed by atoms with Gasteiger partial charge in [-0.3, -0.25) is 4.79 Å². The molecule has 19 heavy (non-hydrogen) atoms. The van der Waals surface area contributed by atoms with Gasteiger partial charge in [0.2, 0.25) is 5.75 Å². The summed E-state index contributed by atoms with van der Waals surface area (Å²) in [4.78, 5) is 25.2. The van der Waals surface area contributed by atoms with Gasteiger partial charge in [0.15, 0.2) is 11.4 Å². The minimum absolute atomic E-state index is 0.0326. The normalized spacial score (nSPS) is 11.0. The maximum atomic E-state index is 12.0. The number of ether oxygens (including phenoxy) is 3. The number of carbonyl (C=O) groups excluding carboxylic acids is 1. The Balaban J connectivity index is 3.23. The third-order valence-corrected chi connectivity index (χ3v) is 1.91. The van der Waals surface area contributed by atoms with Crippen LogP contribution in [0.5, 0.6) is 11.5 Å². The number of H-pyrrole nitrogens is 1. The summed E-state index contributed by atoms with van der Waals surface area (Å²) >= 11 is 0. The van der Waals surface area contributed by atoms with Crippen LogP contribution < -0.4 is 14.9 Å². The zero-order valence-electron chi connectivity index (χ0n) is 9.96. The Labute approximate surface area is 105 Å². The van der Waals surface area contributed by atoms with E-state index in [0.717, 1.165) is 7.11 Å². The van der Waals surface area contributed by atoms with Gasteiger partial charge in [-0.25, -0.2) is 4.79 Å². The number of alkyl halides is 3. The molecule has 0 aliphatic carbocycles. The van der Waals surface area contributed by atoms with Crippen molar-refractivity contribution in [2.75, 3.05) is 13.7 Å². The summed E-state index contributed by atoms with van der Waals surface area (Å²) in [6.45, 7) is 1.56. The monoisotopic (exact) mass is 281 g/mol. The van der Waals surface area contributed by atoms with Gasteiger partial charge in [0.1, 0.15) is 0 Å². The Morgan fingerprint density at radius 3 is 2.53 bits per heavy atom. The highest BCUT2D eigenvalue weighted by atomic mass is 19.4. The number of nitrogens with one attached hydrogen (secondary N) is 1. The lowest BCUT2D eigenvalue weighted by atomic mass is 10.3. The Morgan fingerprint density at radius 2 is 2.05 bits per heavy atom. The van der Waals surface area contributed by atoms with E-state index in [0.29, 0.717) is 6.20 Å². The summed E-state index contributed by atoms with van der Waals surface area (Å²) < 4.78 is 48.8. The van der Waals surface area contributed by atoms with E-state index in [1.54, 1.807) is 0 Å². The number of halogens is 3. The molecule has 1 aromatic rings. The number of methoxy groups -OCH3 is 1. The zero-order valence-corrected chi connectivity index (χ0v) is 9.96. The van der Waals surface area contributed by atoms with E-state index in [1.165, 1.54) is 6.92 Å². The van der Waals surface area contributed by atoms with Crippen molar-refractivity contribution >= 4 is 5.97 Å². The summed E-state index contributed by atoms with van der Waals surface area (Å²) in [5, 5.41) is 0. The second-order valence-electron chi connectivity index (χ2n) is 3.16. The molecular formula is C10H10F3NO5. The molecule has 0 aliphatic rings.